The molecule has 0 heterocycles. The second-order valence-electron chi connectivity index (χ2n) is 4.87. The number of nitro benzene ring substituents is 1. The van der Waals surface area contributed by atoms with Crippen molar-refractivity contribution in [3.05, 3.63) is 33.9 Å². The number of benzene rings is 1. The summed E-state index contributed by atoms with van der Waals surface area (Å²) in [6.07, 6.45) is 0.863. The van der Waals surface area contributed by atoms with E-state index in [1.165, 1.54) is 6.07 Å². The molecule has 0 aliphatic carbocycles. The van der Waals surface area contributed by atoms with Crippen LogP contribution >= 0.6 is 0 Å². The minimum Gasteiger partial charge on any atom is -0.369 e. The fourth-order valence-electron chi connectivity index (χ4n) is 1.97. The van der Waals surface area contributed by atoms with E-state index in [9.17, 15) is 14.9 Å². The first-order valence-corrected chi connectivity index (χ1v) is 6.27. The lowest BCUT2D eigenvalue weighted by atomic mass is 10.1. The Labute approximate surface area is 118 Å². The molecule has 7 heteroatoms. The highest BCUT2D eigenvalue weighted by Gasteiger charge is 2.24. The number of nitrogens with two attached hydrogens (primary N) is 1. The fourth-order valence-corrected chi connectivity index (χ4v) is 1.97. The van der Waals surface area contributed by atoms with Gasteiger partial charge in [0, 0.05) is 13.6 Å². The van der Waals surface area contributed by atoms with Crippen molar-refractivity contribution in [3.8, 4) is 0 Å². The highest BCUT2D eigenvalue weighted by atomic mass is 16.6. The SMILES string of the molecule is CN(C)CCCN(C)c1cccc(C(N)=O)c1[N+](=O)[O-]. The van der Waals surface area contributed by atoms with Gasteiger partial charge in [0.15, 0.2) is 0 Å². The Morgan fingerprint density at radius 1 is 1.30 bits per heavy atom. The van der Waals surface area contributed by atoms with Crippen LogP contribution in [0, 0.1) is 10.1 Å². The van der Waals surface area contributed by atoms with E-state index in [1.54, 1.807) is 24.1 Å². The van der Waals surface area contributed by atoms with Gasteiger partial charge < -0.3 is 15.5 Å². The molecular formula is C13H20N4O3. The number of carbonyl (C=O) groups excluding carboxylic acids is 1. The average Bonchev–Trinajstić information content (AvgIpc) is 2.36. The maximum atomic E-state index is 11.3. The zero-order chi connectivity index (χ0) is 15.3. The Hall–Kier alpha value is -2.15. The molecule has 0 bridgehead atoms. The van der Waals surface area contributed by atoms with Gasteiger partial charge in [0.2, 0.25) is 0 Å². The second kappa shape index (κ2) is 6.85. The van der Waals surface area contributed by atoms with Crippen LogP contribution in [-0.2, 0) is 0 Å². The molecule has 0 spiro atoms. The van der Waals surface area contributed by atoms with Crippen molar-refractivity contribution in [1.29, 1.82) is 0 Å². The number of nitrogens with zero attached hydrogens (tertiary/aromatic N) is 3. The van der Waals surface area contributed by atoms with Crippen LogP contribution in [0.5, 0.6) is 0 Å². The molecular weight excluding hydrogens is 260 g/mol. The van der Waals surface area contributed by atoms with Crippen LogP contribution in [0.3, 0.4) is 0 Å². The molecule has 0 fully saturated rings. The monoisotopic (exact) mass is 280 g/mol. The summed E-state index contributed by atoms with van der Waals surface area (Å²) in [6.45, 7) is 1.54. The second-order valence-corrected chi connectivity index (χ2v) is 4.87. The molecule has 0 aromatic heterocycles. The largest absolute Gasteiger partial charge is 0.369 e. The van der Waals surface area contributed by atoms with Gasteiger partial charge >= 0.3 is 5.69 Å². The molecule has 1 aromatic carbocycles. The Bertz CT molecular complexity index is 502. The van der Waals surface area contributed by atoms with Gasteiger partial charge in [-0.2, -0.15) is 0 Å². The normalized spacial score (nSPS) is 10.6. The van der Waals surface area contributed by atoms with E-state index in [1.807, 2.05) is 19.0 Å². The molecule has 0 saturated carbocycles. The zero-order valence-corrected chi connectivity index (χ0v) is 12.0. The van der Waals surface area contributed by atoms with Gasteiger partial charge in [-0.05, 0) is 39.2 Å². The summed E-state index contributed by atoms with van der Waals surface area (Å²) in [7, 11) is 5.70. The first kappa shape index (κ1) is 15.9. The molecule has 0 radical (unpaired) electrons. The van der Waals surface area contributed by atoms with Crippen LogP contribution in [0.2, 0.25) is 0 Å². The molecule has 110 valence electrons. The van der Waals surface area contributed by atoms with Crippen LogP contribution in [0.25, 0.3) is 0 Å². The van der Waals surface area contributed by atoms with E-state index in [0.717, 1.165) is 13.0 Å². The number of hydrogen-bond acceptors (Lipinski definition) is 5. The van der Waals surface area contributed by atoms with E-state index >= 15 is 0 Å². The van der Waals surface area contributed by atoms with Crippen molar-refractivity contribution < 1.29 is 9.72 Å². The van der Waals surface area contributed by atoms with E-state index in [4.69, 9.17) is 5.73 Å². The van der Waals surface area contributed by atoms with E-state index in [-0.39, 0.29) is 11.3 Å². The molecule has 0 aliphatic rings. The van der Waals surface area contributed by atoms with Crippen LogP contribution < -0.4 is 10.6 Å². The first-order valence-electron chi connectivity index (χ1n) is 6.27. The van der Waals surface area contributed by atoms with E-state index < -0.39 is 10.8 Å². The van der Waals surface area contributed by atoms with Crippen molar-refractivity contribution in [1.82, 2.24) is 4.90 Å². The van der Waals surface area contributed by atoms with Gasteiger partial charge in [-0.3, -0.25) is 14.9 Å². The topological polar surface area (TPSA) is 92.7 Å². The van der Waals surface area contributed by atoms with Gasteiger partial charge in [0.1, 0.15) is 11.3 Å². The van der Waals surface area contributed by atoms with Crippen LogP contribution in [0.4, 0.5) is 11.4 Å². The van der Waals surface area contributed by atoms with E-state index in [0.29, 0.717) is 12.2 Å². The van der Waals surface area contributed by atoms with Crippen molar-refractivity contribution in [2.75, 3.05) is 39.1 Å². The number of hydrogen-bond donors (Lipinski definition) is 1. The molecule has 0 unspecified atom stereocenters. The summed E-state index contributed by atoms with van der Waals surface area (Å²) in [5.41, 5.74) is 5.31. The number of anilines is 1. The average molecular weight is 280 g/mol. The summed E-state index contributed by atoms with van der Waals surface area (Å²) in [5, 5.41) is 11.2. The molecule has 1 aromatic rings. The molecule has 0 saturated heterocycles. The molecule has 1 rings (SSSR count). The first-order chi connectivity index (χ1) is 9.34. The molecule has 0 atom stereocenters. The third-order valence-corrected chi connectivity index (χ3v) is 2.97. The van der Waals surface area contributed by atoms with Gasteiger partial charge in [-0.15, -0.1) is 0 Å². The summed E-state index contributed by atoms with van der Waals surface area (Å²) < 4.78 is 0. The fraction of sp³-hybridized carbons (Fsp3) is 0.462. The Morgan fingerprint density at radius 2 is 1.95 bits per heavy atom. The van der Waals surface area contributed by atoms with Gasteiger partial charge in [-0.25, -0.2) is 0 Å². The number of para-hydroxylation sites is 1. The third kappa shape index (κ3) is 3.92. The Morgan fingerprint density at radius 3 is 2.45 bits per heavy atom. The van der Waals surface area contributed by atoms with Gasteiger partial charge in [-0.1, -0.05) is 6.07 Å². The Kier molecular flexibility index (Phi) is 5.45. The predicted molar refractivity (Wildman–Crippen MR) is 78.1 cm³/mol. The lowest BCUT2D eigenvalue weighted by Crippen LogP contribution is -2.25. The molecule has 0 aliphatic heterocycles. The van der Waals surface area contributed by atoms with Gasteiger partial charge in [0.25, 0.3) is 5.91 Å². The Balaban J connectivity index is 3.02. The smallest absolute Gasteiger partial charge is 0.305 e. The predicted octanol–water partition coefficient (Wildman–Crippen LogP) is 1.08. The maximum absolute atomic E-state index is 11.3. The molecule has 20 heavy (non-hydrogen) atoms. The maximum Gasteiger partial charge on any atom is 0.305 e. The van der Waals surface area contributed by atoms with Crippen molar-refractivity contribution in [2.45, 2.75) is 6.42 Å². The number of carbonyl (C=O) groups is 1. The zero-order valence-electron chi connectivity index (χ0n) is 12.0. The van der Waals surface area contributed by atoms with Crippen LogP contribution in [0.1, 0.15) is 16.8 Å². The number of amides is 1. The standard InChI is InChI=1S/C13H20N4O3/c1-15(2)8-5-9-16(3)11-7-4-6-10(13(14)18)12(11)17(19)20/h4,6-7H,5,8-9H2,1-3H3,(H2,14,18). The van der Waals surface area contributed by atoms with Crippen LogP contribution in [-0.4, -0.2) is 50.0 Å². The van der Waals surface area contributed by atoms with Crippen LogP contribution in [0.15, 0.2) is 18.2 Å². The summed E-state index contributed by atoms with van der Waals surface area (Å²) in [4.78, 5) is 25.8. The summed E-state index contributed by atoms with van der Waals surface area (Å²) >= 11 is 0. The van der Waals surface area contributed by atoms with Gasteiger partial charge in [0.05, 0.1) is 4.92 Å². The van der Waals surface area contributed by atoms with Crippen molar-refractivity contribution in [2.24, 2.45) is 5.73 Å². The summed E-state index contributed by atoms with van der Waals surface area (Å²) in [5.74, 6) is -0.791. The summed E-state index contributed by atoms with van der Waals surface area (Å²) in [6, 6.07) is 4.60. The van der Waals surface area contributed by atoms with Crippen molar-refractivity contribution in [3.63, 3.8) is 0 Å². The van der Waals surface area contributed by atoms with Crippen molar-refractivity contribution >= 4 is 17.3 Å². The lowest BCUT2D eigenvalue weighted by Gasteiger charge is -2.20. The lowest BCUT2D eigenvalue weighted by molar-refractivity contribution is -0.384. The quantitative estimate of drug-likeness (QED) is 0.596. The minimum absolute atomic E-state index is 0.0630. The number of nitro groups is 1. The number of primary amides is 1. The number of rotatable bonds is 7. The molecule has 1 amide bonds. The third-order valence-electron chi connectivity index (χ3n) is 2.97. The highest BCUT2D eigenvalue weighted by Crippen LogP contribution is 2.30. The highest BCUT2D eigenvalue weighted by molar-refractivity contribution is 5.99. The molecule has 2 N–H and O–H groups in total. The molecule has 7 nitrogen and oxygen atoms in total. The van der Waals surface area contributed by atoms with E-state index in [2.05, 4.69) is 0 Å². The minimum atomic E-state index is -0.791.